The van der Waals surface area contributed by atoms with Gasteiger partial charge in [0, 0.05) is 12.1 Å². The van der Waals surface area contributed by atoms with Gasteiger partial charge >= 0.3 is 6.09 Å². The van der Waals surface area contributed by atoms with Crippen LogP contribution >= 0.6 is 0 Å². The Morgan fingerprint density at radius 3 is 2.05 bits per heavy atom. The molecule has 0 aliphatic carbocycles. The van der Waals surface area contributed by atoms with Crippen LogP contribution in [0, 0.1) is 0 Å². The predicted octanol–water partition coefficient (Wildman–Crippen LogP) is 1.21. The maximum Gasteiger partial charge on any atom is 0.410 e. The van der Waals surface area contributed by atoms with Gasteiger partial charge in [-0.15, -0.1) is 0 Å². The zero-order chi connectivity index (χ0) is 14.4. The zero-order valence-corrected chi connectivity index (χ0v) is 12.4. The SMILES string of the molecule is CC(C)(C)OC(=O)N1[C@@H]2CC[C@H]1C[C@H](S(N)(=O)=O)C2. The number of carbonyl (C=O) groups excluding carboxylic acids is 1. The molecule has 2 bridgehead atoms. The first-order chi connectivity index (χ1) is 8.58. The molecule has 19 heavy (non-hydrogen) atoms. The van der Waals surface area contributed by atoms with Crippen molar-refractivity contribution in [1.29, 1.82) is 0 Å². The third-order valence-corrected chi connectivity index (χ3v) is 5.07. The van der Waals surface area contributed by atoms with Gasteiger partial charge in [0.05, 0.1) is 5.25 Å². The molecule has 2 aliphatic rings. The third kappa shape index (κ3) is 3.20. The first kappa shape index (κ1) is 14.6. The highest BCUT2D eigenvalue weighted by Gasteiger charge is 2.47. The van der Waals surface area contributed by atoms with Crippen molar-refractivity contribution in [2.75, 3.05) is 0 Å². The van der Waals surface area contributed by atoms with Gasteiger partial charge in [-0.1, -0.05) is 0 Å². The van der Waals surface area contributed by atoms with Crippen molar-refractivity contribution >= 4 is 16.1 Å². The summed E-state index contributed by atoms with van der Waals surface area (Å²) in [6.07, 6.45) is 2.17. The van der Waals surface area contributed by atoms with Crippen LogP contribution in [0.3, 0.4) is 0 Å². The summed E-state index contributed by atoms with van der Waals surface area (Å²) in [7, 11) is -3.51. The summed E-state index contributed by atoms with van der Waals surface area (Å²) in [5.74, 6) is 0. The number of hydrogen-bond acceptors (Lipinski definition) is 4. The largest absolute Gasteiger partial charge is 0.444 e. The number of carbonyl (C=O) groups is 1. The molecule has 2 rings (SSSR count). The second-order valence-corrected chi connectivity index (χ2v) is 8.30. The topological polar surface area (TPSA) is 89.7 Å². The molecule has 7 heteroatoms. The number of nitrogens with two attached hydrogens (primary N) is 1. The van der Waals surface area contributed by atoms with Crippen molar-refractivity contribution in [1.82, 2.24) is 4.90 Å². The Morgan fingerprint density at radius 1 is 1.21 bits per heavy atom. The van der Waals surface area contributed by atoms with Crippen molar-refractivity contribution in [3.8, 4) is 0 Å². The summed E-state index contributed by atoms with van der Waals surface area (Å²) in [4.78, 5) is 13.9. The fourth-order valence-corrected chi connectivity index (χ4v) is 3.99. The number of primary sulfonamides is 1. The van der Waals surface area contributed by atoms with E-state index >= 15 is 0 Å². The molecule has 0 radical (unpaired) electrons. The molecular formula is C12H22N2O4S. The Hall–Kier alpha value is -0.820. The van der Waals surface area contributed by atoms with E-state index in [2.05, 4.69) is 0 Å². The number of rotatable bonds is 1. The number of hydrogen-bond donors (Lipinski definition) is 1. The molecule has 2 fully saturated rings. The lowest BCUT2D eigenvalue weighted by Gasteiger charge is -2.38. The van der Waals surface area contributed by atoms with E-state index in [-0.39, 0.29) is 18.2 Å². The monoisotopic (exact) mass is 290 g/mol. The molecule has 0 aromatic carbocycles. The van der Waals surface area contributed by atoms with Crippen LogP contribution in [0.1, 0.15) is 46.5 Å². The molecule has 6 nitrogen and oxygen atoms in total. The lowest BCUT2D eigenvalue weighted by atomic mass is 10.0. The molecule has 3 atom stereocenters. The van der Waals surface area contributed by atoms with Gasteiger partial charge in [0.2, 0.25) is 10.0 Å². The molecular weight excluding hydrogens is 268 g/mol. The van der Waals surface area contributed by atoms with Crippen LogP contribution in [0.25, 0.3) is 0 Å². The molecule has 2 heterocycles. The van der Waals surface area contributed by atoms with Gasteiger partial charge < -0.3 is 9.64 Å². The van der Waals surface area contributed by atoms with Gasteiger partial charge in [0.15, 0.2) is 0 Å². The summed E-state index contributed by atoms with van der Waals surface area (Å²) in [6, 6.07) is -0.117. The summed E-state index contributed by atoms with van der Waals surface area (Å²) < 4.78 is 28.3. The van der Waals surface area contributed by atoms with E-state index in [1.807, 2.05) is 20.8 Å². The van der Waals surface area contributed by atoms with E-state index in [9.17, 15) is 13.2 Å². The average molecular weight is 290 g/mol. The van der Waals surface area contributed by atoms with E-state index in [1.165, 1.54) is 0 Å². The molecule has 2 N–H and O–H groups in total. The molecule has 110 valence electrons. The van der Waals surface area contributed by atoms with Crippen molar-refractivity contribution < 1.29 is 17.9 Å². The van der Waals surface area contributed by atoms with Crippen LogP contribution in [-0.4, -0.2) is 42.3 Å². The highest BCUT2D eigenvalue weighted by atomic mass is 32.2. The average Bonchev–Trinajstić information content (AvgIpc) is 2.45. The minimum atomic E-state index is -3.51. The minimum absolute atomic E-state index is 0.0584. The van der Waals surface area contributed by atoms with Crippen molar-refractivity contribution in [2.45, 2.75) is 69.4 Å². The quantitative estimate of drug-likeness (QED) is 0.786. The number of sulfonamides is 1. The molecule has 0 aromatic rings. The first-order valence-corrected chi connectivity index (χ1v) is 8.22. The summed E-state index contributed by atoms with van der Waals surface area (Å²) in [6.45, 7) is 5.47. The van der Waals surface area contributed by atoms with Crippen LogP contribution in [0.4, 0.5) is 4.79 Å². The number of amides is 1. The fraction of sp³-hybridized carbons (Fsp3) is 0.917. The summed E-state index contributed by atoms with van der Waals surface area (Å²) in [5, 5.41) is 4.70. The van der Waals surface area contributed by atoms with E-state index in [0.717, 1.165) is 12.8 Å². The number of piperidine rings is 1. The fourth-order valence-electron chi connectivity index (χ4n) is 3.01. The van der Waals surface area contributed by atoms with Gasteiger partial charge in [0.1, 0.15) is 5.60 Å². The third-order valence-electron chi connectivity index (χ3n) is 3.76. The molecule has 0 aromatic heterocycles. The number of ether oxygens (including phenoxy) is 1. The zero-order valence-electron chi connectivity index (χ0n) is 11.6. The number of nitrogens with zero attached hydrogens (tertiary/aromatic N) is 1. The molecule has 0 saturated carbocycles. The van der Waals surface area contributed by atoms with Crippen molar-refractivity contribution in [2.24, 2.45) is 5.14 Å². The Bertz CT molecular complexity index is 455. The van der Waals surface area contributed by atoms with E-state index in [1.54, 1.807) is 4.90 Å². The first-order valence-electron chi connectivity index (χ1n) is 6.61. The van der Waals surface area contributed by atoms with E-state index < -0.39 is 20.9 Å². The van der Waals surface area contributed by atoms with Crippen LogP contribution in [0.2, 0.25) is 0 Å². The Kier molecular flexibility index (Phi) is 3.55. The highest BCUT2D eigenvalue weighted by Crippen LogP contribution is 2.38. The van der Waals surface area contributed by atoms with Gasteiger partial charge in [-0.05, 0) is 46.5 Å². The van der Waals surface area contributed by atoms with Gasteiger partial charge in [-0.2, -0.15) is 0 Å². The predicted molar refractivity (Wildman–Crippen MR) is 71.0 cm³/mol. The minimum Gasteiger partial charge on any atom is -0.444 e. The Balaban J connectivity index is 2.10. The molecule has 1 amide bonds. The van der Waals surface area contributed by atoms with Gasteiger partial charge in [-0.25, -0.2) is 18.4 Å². The maximum absolute atomic E-state index is 12.2. The second-order valence-electron chi connectivity index (χ2n) is 6.46. The summed E-state index contributed by atoms with van der Waals surface area (Å²) in [5.41, 5.74) is -0.534. The van der Waals surface area contributed by atoms with Crippen LogP contribution in [0.15, 0.2) is 0 Å². The lowest BCUT2D eigenvalue weighted by Crippen LogP contribution is -2.52. The molecule has 0 unspecified atom stereocenters. The highest BCUT2D eigenvalue weighted by molar-refractivity contribution is 7.89. The van der Waals surface area contributed by atoms with Crippen LogP contribution in [0.5, 0.6) is 0 Å². The molecule has 2 aliphatic heterocycles. The number of fused-ring (bicyclic) bond motifs is 2. The van der Waals surface area contributed by atoms with Gasteiger partial charge in [-0.3, -0.25) is 0 Å². The Labute approximate surface area is 114 Å². The molecule has 2 saturated heterocycles. The normalized spacial score (nSPS) is 31.4. The smallest absolute Gasteiger partial charge is 0.410 e. The van der Waals surface area contributed by atoms with Crippen molar-refractivity contribution in [3.63, 3.8) is 0 Å². The van der Waals surface area contributed by atoms with Gasteiger partial charge in [0.25, 0.3) is 0 Å². The van der Waals surface area contributed by atoms with E-state index in [4.69, 9.17) is 9.88 Å². The lowest BCUT2D eigenvalue weighted by molar-refractivity contribution is 0.00813. The second kappa shape index (κ2) is 4.63. The molecule has 0 spiro atoms. The van der Waals surface area contributed by atoms with Crippen molar-refractivity contribution in [3.05, 3.63) is 0 Å². The van der Waals surface area contributed by atoms with E-state index in [0.29, 0.717) is 12.8 Å². The standard InChI is InChI=1S/C12H22N2O4S/c1-12(2,3)18-11(15)14-8-4-5-9(14)7-10(6-8)19(13,16)17/h8-10H,4-7H2,1-3H3,(H2,13,16,17)/t8-,9+,10-. The summed E-state index contributed by atoms with van der Waals surface area (Å²) >= 11 is 0. The van der Waals surface area contributed by atoms with Crippen LogP contribution < -0.4 is 5.14 Å². The van der Waals surface area contributed by atoms with Crippen LogP contribution in [-0.2, 0) is 14.8 Å². The Morgan fingerprint density at radius 2 is 1.68 bits per heavy atom. The maximum atomic E-state index is 12.2.